The second-order valence-corrected chi connectivity index (χ2v) is 8.62. The van der Waals surface area contributed by atoms with Crippen molar-refractivity contribution in [3.63, 3.8) is 0 Å². The maximum absolute atomic E-state index is 11.6. The van der Waals surface area contributed by atoms with Crippen LogP contribution in [0.15, 0.2) is 36.7 Å². The third kappa shape index (κ3) is 4.68. The van der Waals surface area contributed by atoms with Gasteiger partial charge >= 0.3 is 0 Å². The number of likely N-dealkylation sites (tertiary alicyclic amines) is 1. The summed E-state index contributed by atoms with van der Waals surface area (Å²) in [6, 6.07) is 8.51. The lowest BCUT2D eigenvalue weighted by Crippen LogP contribution is -2.49. The average molecular weight is 413 g/mol. The summed E-state index contributed by atoms with van der Waals surface area (Å²) in [7, 11) is 3.47. The summed E-state index contributed by atoms with van der Waals surface area (Å²) in [5, 5.41) is 7.42. The number of benzene rings is 1. The fraction of sp³-hybridized carbons (Fsp3) is 0.565. The number of rotatable bonds is 7. The zero-order valence-electron chi connectivity index (χ0n) is 18.1. The van der Waals surface area contributed by atoms with E-state index in [0.29, 0.717) is 18.4 Å². The molecule has 2 aromatic rings. The number of fused-ring (bicyclic) bond motifs is 1. The maximum Gasteiger partial charge on any atom is 0.217 e. The van der Waals surface area contributed by atoms with Crippen molar-refractivity contribution in [3.05, 3.63) is 47.8 Å². The predicted octanol–water partition coefficient (Wildman–Crippen LogP) is 2.30. The topological polar surface area (TPSA) is 68.6 Å². The summed E-state index contributed by atoms with van der Waals surface area (Å²) in [6.07, 6.45) is 5.87. The Hall–Kier alpha value is -2.38. The smallest absolute Gasteiger partial charge is 0.217 e. The molecule has 0 radical (unpaired) electrons. The fourth-order valence-electron chi connectivity index (χ4n) is 5.19. The van der Waals surface area contributed by atoms with Crippen LogP contribution in [0.5, 0.6) is 5.75 Å². The van der Waals surface area contributed by atoms with Gasteiger partial charge in [0.25, 0.3) is 0 Å². The molecule has 1 aromatic heterocycles. The highest BCUT2D eigenvalue weighted by Crippen LogP contribution is 2.38. The highest BCUT2D eigenvalue weighted by Gasteiger charge is 2.42. The van der Waals surface area contributed by atoms with Gasteiger partial charge in [0.05, 0.1) is 25.8 Å². The van der Waals surface area contributed by atoms with Crippen LogP contribution in [0.4, 0.5) is 0 Å². The Bertz CT molecular complexity index is 854. The molecule has 1 saturated heterocycles. The van der Waals surface area contributed by atoms with Crippen molar-refractivity contribution >= 4 is 5.91 Å². The molecule has 162 valence electrons. The molecule has 1 amide bonds. The molecular weight excluding hydrogens is 380 g/mol. The molecule has 2 aliphatic rings. The SMILES string of the molecule is COc1ccc(CN2C[C@H]3C[C@@H](NC(C)=O)[C@H](OC)C[C@H]3C2)cc1Cn1cccn1. The summed E-state index contributed by atoms with van der Waals surface area (Å²) in [4.78, 5) is 14.1. The molecule has 7 nitrogen and oxygen atoms in total. The number of amides is 1. The highest BCUT2D eigenvalue weighted by atomic mass is 16.5. The van der Waals surface area contributed by atoms with E-state index < -0.39 is 0 Å². The van der Waals surface area contributed by atoms with Crippen LogP contribution in [0.25, 0.3) is 0 Å². The molecule has 30 heavy (non-hydrogen) atoms. The van der Waals surface area contributed by atoms with Gasteiger partial charge in [-0.1, -0.05) is 6.07 Å². The molecule has 7 heteroatoms. The van der Waals surface area contributed by atoms with E-state index in [2.05, 4.69) is 33.5 Å². The molecule has 2 fully saturated rings. The van der Waals surface area contributed by atoms with Crippen molar-refractivity contribution < 1.29 is 14.3 Å². The molecule has 4 atom stereocenters. The van der Waals surface area contributed by atoms with E-state index >= 15 is 0 Å². The number of nitrogens with zero attached hydrogens (tertiary/aromatic N) is 3. The van der Waals surface area contributed by atoms with Crippen LogP contribution in [0.1, 0.15) is 30.9 Å². The molecule has 1 N–H and O–H groups in total. The molecule has 1 aliphatic heterocycles. The number of hydrogen-bond acceptors (Lipinski definition) is 5. The van der Waals surface area contributed by atoms with Crippen molar-refractivity contribution in [1.29, 1.82) is 0 Å². The number of hydrogen-bond donors (Lipinski definition) is 1. The Balaban J connectivity index is 1.42. The summed E-state index contributed by atoms with van der Waals surface area (Å²) >= 11 is 0. The van der Waals surface area contributed by atoms with Gasteiger partial charge in [-0.15, -0.1) is 0 Å². The van der Waals surface area contributed by atoms with E-state index in [4.69, 9.17) is 9.47 Å². The molecule has 0 unspecified atom stereocenters. The summed E-state index contributed by atoms with van der Waals surface area (Å²) in [6.45, 7) is 5.36. The second kappa shape index (κ2) is 9.18. The molecular formula is C23H32N4O3. The zero-order valence-corrected chi connectivity index (χ0v) is 18.1. The number of aromatic nitrogens is 2. The summed E-state index contributed by atoms with van der Waals surface area (Å²) in [5.74, 6) is 2.15. The third-order valence-corrected chi connectivity index (χ3v) is 6.53. The minimum Gasteiger partial charge on any atom is -0.496 e. The maximum atomic E-state index is 11.6. The predicted molar refractivity (Wildman–Crippen MR) is 114 cm³/mol. The normalized spacial score (nSPS) is 26.4. The Morgan fingerprint density at radius 2 is 2.00 bits per heavy atom. The molecule has 4 rings (SSSR count). The number of carbonyl (C=O) groups is 1. The van der Waals surface area contributed by atoms with Crippen LogP contribution in [0, 0.1) is 11.8 Å². The van der Waals surface area contributed by atoms with Gasteiger partial charge in [-0.3, -0.25) is 14.4 Å². The first-order valence-electron chi connectivity index (χ1n) is 10.7. The Morgan fingerprint density at radius 3 is 2.67 bits per heavy atom. The van der Waals surface area contributed by atoms with Crippen molar-refractivity contribution in [3.8, 4) is 5.75 Å². The van der Waals surface area contributed by atoms with Crippen LogP contribution in [-0.2, 0) is 22.6 Å². The number of methoxy groups -OCH3 is 2. The first-order chi connectivity index (χ1) is 14.6. The summed E-state index contributed by atoms with van der Waals surface area (Å²) in [5.41, 5.74) is 2.43. The van der Waals surface area contributed by atoms with Crippen LogP contribution < -0.4 is 10.1 Å². The van der Waals surface area contributed by atoms with E-state index in [0.717, 1.165) is 43.8 Å². The van der Waals surface area contributed by atoms with Crippen molar-refractivity contribution in [1.82, 2.24) is 20.0 Å². The molecule has 0 bridgehead atoms. The van der Waals surface area contributed by atoms with Gasteiger partial charge in [0.15, 0.2) is 0 Å². The molecule has 1 saturated carbocycles. The molecule has 1 aliphatic carbocycles. The van der Waals surface area contributed by atoms with Gasteiger partial charge < -0.3 is 14.8 Å². The third-order valence-electron chi connectivity index (χ3n) is 6.53. The Kier molecular flexibility index (Phi) is 6.39. The van der Waals surface area contributed by atoms with Crippen molar-refractivity contribution in [2.45, 2.75) is 45.0 Å². The van der Waals surface area contributed by atoms with Crippen LogP contribution >= 0.6 is 0 Å². The lowest BCUT2D eigenvalue weighted by Gasteiger charge is -2.37. The average Bonchev–Trinajstić information content (AvgIpc) is 3.36. The molecule has 1 aromatic carbocycles. The van der Waals surface area contributed by atoms with Gasteiger partial charge in [-0.25, -0.2) is 0 Å². The monoisotopic (exact) mass is 412 g/mol. The minimum atomic E-state index is 0.0262. The number of nitrogens with one attached hydrogen (secondary N) is 1. The van der Waals surface area contributed by atoms with Gasteiger partial charge in [0.1, 0.15) is 5.75 Å². The number of ether oxygens (including phenoxy) is 2. The van der Waals surface area contributed by atoms with E-state index in [1.165, 1.54) is 5.56 Å². The van der Waals surface area contributed by atoms with E-state index in [1.807, 2.05) is 16.9 Å². The molecule has 2 heterocycles. The van der Waals surface area contributed by atoms with E-state index in [1.54, 1.807) is 27.3 Å². The van der Waals surface area contributed by atoms with Crippen LogP contribution in [0.2, 0.25) is 0 Å². The highest BCUT2D eigenvalue weighted by molar-refractivity contribution is 5.73. The largest absolute Gasteiger partial charge is 0.496 e. The lowest BCUT2D eigenvalue weighted by molar-refractivity contribution is -0.121. The van der Waals surface area contributed by atoms with Gasteiger partial charge in [0, 0.05) is 51.6 Å². The van der Waals surface area contributed by atoms with Gasteiger partial charge in [0.2, 0.25) is 5.91 Å². The number of carbonyl (C=O) groups excluding carboxylic acids is 1. The lowest BCUT2D eigenvalue weighted by atomic mass is 9.77. The van der Waals surface area contributed by atoms with E-state index in [-0.39, 0.29) is 18.1 Å². The second-order valence-electron chi connectivity index (χ2n) is 8.62. The first kappa shape index (κ1) is 20.9. The van der Waals surface area contributed by atoms with Gasteiger partial charge in [-0.05, 0) is 48.4 Å². The minimum absolute atomic E-state index is 0.0262. The van der Waals surface area contributed by atoms with Crippen molar-refractivity contribution in [2.24, 2.45) is 11.8 Å². The molecule has 0 spiro atoms. The van der Waals surface area contributed by atoms with Crippen molar-refractivity contribution in [2.75, 3.05) is 27.3 Å². The summed E-state index contributed by atoms with van der Waals surface area (Å²) < 4.78 is 13.2. The Morgan fingerprint density at radius 1 is 1.20 bits per heavy atom. The fourth-order valence-corrected chi connectivity index (χ4v) is 5.19. The van der Waals surface area contributed by atoms with Gasteiger partial charge in [-0.2, -0.15) is 5.10 Å². The quantitative estimate of drug-likeness (QED) is 0.756. The Labute approximate surface area is 178 Å². The van der Waals surface area contributed by atoms with E-state index in [9.17, 15) is 4.79 Å². The van der Waals surface area contributed by atoms with Crippen LogP contribution in [-0.4, -0.2) is 60.0 Å². The standard InChI is InChI=1S/C23H32N4O3/c1-16(28)25-21-10-18-13-26(14-19(18)11-23(21)30-3)12-17-5-6-22(29-2)20(9-17)15-27-8-4-7-24-27/h4-9,18-19,21,23H,10-15H2,1-3H3,(H,25,28)/t18-,19+,21-,23-/m1/s1. The first-order valence-corrected chi connectivity index (χ1v) is 10.7. The zero-order chi connectivity index (χ0) is 21.1. The van der Waals surface area contributed by atoms with Crippen LogP contribution in [0.3, 0.4) is 0 Å².